The summed E-state index contributed by atoms with van der Waals surface area (Å²) in [6.45, 7) is 3.75. The Morgan fingerprint density at radius 1 is 1.25 bits per heavy atom. The summed E-state index contributed by atoms with van der Waals surface area (Å²) >= 11 is 9.44. The van der Waals surface area contributed by atoms with E-state index in [0.717, 1.165) is 14.3 Å². The van der Waals surface area contributed by atoms with Gasteiger partial charge < -0.3 is 10.1 Å². The van der Waals surface area contributed by atoms with Crippen molar-refractivity contribution in [3.63, 3.8) is 0 Å². The molecule has 152 valence electrons. The third-order valence-electron chi connectivity index (χ3n) is 4.03. The minimum Gasteiger partial charge on any atom is -0.492 e. The van der Waals surface area contributed by atoms with Crippen molar-refractivity contribution in [1.29, 1.82) is 0 Å². The van der Waals surface area contributed by atoms with E-state index in [9.17, 15) is 13.2 Å². The number of sulfonamides is 1. The van der Waals surface area contributed by atoms with Gasteiger partial charge in [-0.05, 0) is 49.7 Å². The van der Waals surface area contributed by atoms with Crippen molar-refractivity contribution < 1.29 is 17.9 Å². The van der Waals surface area contributed by atoms with Crippen LogP contribution in [0.15, 0.2) is 51.8 Å². The highest BCUT2D eigenvalue weighted by Crippen LogP contribution is 2.28. The van der Waals surface area contributed by atoms with Gasteiger partial charge in [-0.15, -0.1) is 0 Å². The van der Waals surface area contributed by atoms with Gasteiger partial charge in [0, 0.05) is 11.5 Å². The zero-order valence-corrected chi connectivity index (χ0v) is 18.9. The highest BCUT2D eigenvalue weighted by molar-refractivity contribution is 9.10. The van der Waals surface area contributed by atoms with E-state index in [0.29, 0.717) is 12.4 Å². The molecule has 1 unspecified atom stereocenters. The molecule has 0 saturated heterocycles. The van der Waals surface area contributed by atoms with Crippen molar-refractivity contribution in [1.82, 2.24) is 9.62 Å². The highest BCUT2D eigenvalue weighted by Gasteiger charge is 2.24. The van der Waals surface area contributed by atoms with Gasteiger partial charge in [-0.25, -0.2) is 8.42 Å². The monoisotopic (exact) mass is 488 g/mol. The maximum atomic E-state index is 12.7. The number of amides is 1. The third kappa shape index (κ3) is 5.70. The van der Waals surface area contributed by atoms with Crippen molar-refractivity contribution in [2.75, 3.05) is 20.2 Å². The third-order valence-corrected chi connectivity index (χ3v) is 6.65. The van der Waals surface area contributed by atoms with Gasteiger partial charge in [0.05, 0.1) is 29.1 Å². The summed E-state index contributed by atoms with van der Waals surface area (Å²) in [6, 6.07) is 11.5. The Hall–Kier alpha value is -1.61. The molecule has 0 saturated carbocycles. The minimum absolute atomic E-state index is 0.00258. The summed E-state index contributed by atoms with van der Waals surface area (Å²) < 4.78 is 32.7. The van der Waals surface area contributed by atoms with Crippen LogP contribution in [-0.4, -0.2) is 38.8 Å². The molecule has 6 nitrogen and oxygen atoms in total. The fourth-order valence-electron chi connectivity index (χ4n) is 2.50. The number of carbonyl (C=O) groups is 1. The predicted octanol–water partition coefficient (Wildman–Crippen LogP) is 4.00. The molecule has 0 heterocycles. The fraction of sp³-hybridized carbons (Fsp3) is 0.316. The standard InChI is InChI=1S/C19H22BrClN2O4S/c1-4-27-18-10-9-16(11-17(18)21)28(25,26)23(3)12-19(24)22-13(2)14-5-7-15(20)8-6-14/h5-11,13H,4,12H2,1-3H3,(H,22,24). The van der Waals surface area contributed by atoms with E-state index in [1.807, 2.05) is 38.1 Å². The van der Waals surface area contributed by atoms with Crippen LogP contribution in [0.25, 0.3) is 0 Å². The number of nitrogens with zero attached hydrogens (tertiary/aromatic N) is 1. The normalized spacial score (nSPS) is 12.6. The van der Waals surface area contributed by atoms with Gasteiger partial charge >= 0.3 is 0 Å². The summed E-state index contributed by atoms with van der Waals surface area (Å²) in [4.78, 5) is 12.3. The van der Waals surface area contributed by atoms with Gasteiger partial charge in [0.1, 0.15) is 5.75 Å². The zero-order chi connectivity index (χ0) is 20.9. The first kappa shape index (κ1) is 22.7. The Balaban J connectivity index is 2.05. The minimum atomic E-state index is -3.87. The second kappa shape index (κ2) is 9.73. The zero-order valence-electron chi connectivity index (χ0n) is 15.8. The summed E-state index contributed by atoms with van der Waals surface area (Å²) in [5.41, 5.74) is 0.917. The lowest BCUT2D eigenvalue weighted by Crippen LogP contribution is -2.39. The number of halogens is 2. The van der Waals surface area contributed by atoms with Crippen LogP contribution >= 0.6 is 27.5 Å². The highest BCUT2D eigenvalue weighted by atomic mass is 79.9. The predicted molar refractivity (Wildman–Crippen MR) is 113 cm³/mol. The van der Waals surface area contributed by atoms with Crippen molar-refractivity contribution in [2.45, 2.75) is 24.8 Å². The quantitative estimate of drug-likeness (QED) is 0.608. The van der Waals surface area contributed by atoms with Crippen molar-refractivity contribution >= 4 is 43.5 Å². The Kier molecular flexibility index (Phi) is 7.88. The molecule has 0 spiro atoms. The van der Waals surface area contributed by atoms with Crippen molar-refractivity contribution in [2.24, 2.45) is 0 Å². The van der Waals surface area contributed by atoms with Gasteiger partial charge in [-0.1, -0.05) is 39.7 Å². The Morgan fingerprint density at radius 3 is 2.46 bits per heavy atom. The number of benzene rings is 2. The summed E-state index contributed by atoms with van der Waals surface area (Å²) in [6.07, 6.45) is 0. The van der Waals surface area contributed by atoms with Gasteiger partial charge in [-0.2, -0.15) is 4.31 Å². The largest absolute Gasteiger partial charge is 0.492 e. The average Bonchev–Trinajstić information content (AvgIpc) is 2.63. The number of rotatable bonds is 8. The first-order valence-electron chi connectivity index (χ1n) is 8.58. The number of ether oxygens (including phenoxy) is 1. The summed E-state index contributed by atoms with van der Waals surface area (Å²) in [5.74, 6) is 0.00497. The van der Waals surface area contributed by atoms with Crippen LogP contribution in [0.2, 0.25) is 5.02 Å². The molecule has 0 aromatic heterocycles. The molecule has 1 N–H and O–H groups in total. The molecule has 2 rings (SSSR count). The molecule has 1 atom stereocenters. The molecule has 0 bridgehead atoms. The van der Waals surface area contributed by atoms with Crippen molar-refractivity contribution in [3.8, 4) is 5.75 Å². The van der Waals surface area contributed by atoms with E-state index in [1.165, 1.54) is 25.2 Å². The molecule has 0 fully saturated rings. The molecule has 2 aromatic rings. The molecular weight excluding hydrogens is 468 g/mol. The number of hydrogen-bond donors (Lipinski definition) is 1. The average molecular weight is 490 g/mol. The maximum Gasteiger partial charge on any atom is 0.243 e. The SMILES string of the molecule is CCOc1ccc(S(=O)(=O)N(C)CC(=O)NC(C)c2ccc(Br)cc2)cc1Cl. The van der Waals surface area contributed by atoms with Gasteiger partial charge in [0.25, 0.3) is 0 Å². The molecule has 9 heteroatoms. The van der Waals surface area contributed by atoms with Crippen LogP contribution < -0.4 is 10.1 Å². The smallest absolute Gasteiger partial charge is 0.243 e. The molecular formula is C19H22BrClN2O4S. The lowest BCUT2D eigenvalue weighted by Gasteiger charge is -2.20. The van der Waals surface area contributed by atoms with E-state index < -0.39 is 15.9 Å². The number of hydrogen-bond acceptors (Lipinski definition) is 4. The summed E-state index contributed by atoms with van der Waals surface area (Å²) in [7, 11) is -2.52. The van der Waals surface area contributed by atoms with Crippen LogP contribution in [0.5, 0.6) is 5.75 Å². The molecule has 0 aliphatic heterocycles. The van der Waals surface area contributed by atoms with Gasteiger partial charge in [0.15, 0.2) is 0 Å². The van der Waals surface area contributed by atoms with E-state index in [2.05, 4.69) is 21.2 Å². The topological polar surface area (TPSA) is 75.7 Å². The number of carbonyl (C=O) groups excluding carboxylic acids is 1. The van der Waals surface area contributed by atoms with E-state index in [-0.39, 0.29) is 22.5 Å². The van der Waals surface area contributed by atoms with Crippen LogP contribution in [-0.2, 0) is 14.8 Å². The van der Waals surface area contributed by atoms with E-state index >= 15 is 0 Å². The first-order chi connectivity index (χ1) is 13.1. The number of nitrogens with one attached hydrogen (secondary N) is 1. The summed E-state index contributed by atoms with van der Waals surface area (Å²) in [5, 5.41) is 3.00. The van der Waals surface area contributed by atoms with E-state index in [4.69, 9.17) is 16.3 Å². The van der Waals surface area contributed by atoms with Gasteiger partial charge in [-0.3, -0.25) is 4.79 Å². The lowest BCUT2D eigenvalue weighted by molar-refractivity contribution is -0.121. The number of likely N-dealkylation sites (N-methyl/N-ethyl adjacent to an activating group) is 1. The first-order valence-corrected chi connectivity index (χ1v) is 11.2. The fourth-order valence-corrected chi connectivity index (χ4v) is 4.22. The van der Waals surface area contributed by atoms with Crippen LogP contribution in [0.4, 0.5) is 0 Å². The molecule has 0 aliphatic carbocycles. The Bertz CT molecular complexity index is 935. The molecule has 0 aliphatic rings. The maximum absolute atomic E-state index is 12.7. The Morgan fingerprint density at radius 2 is 1.89 bits per heavy atom. The van der Waals surface area contributed by atoms with Crippen molar-refractivity contribution in [3.05, 3.63) is 57.5 Å². The van der Waals surface area contributed by atoms with Gasteiger partial charge in [0.2, 0.25) is 15.9 Å². The van der Waals surface area contributed by atoms with E-state index in [1.54, 1.807) is 0 Å². The van der Waals surface area contributed by atoms with Crippen LogP contribution in [0.1, 0.15) is 25.5 Å². The molecule has 2 aromatic carbocycles. The second-order valence-corrected chi connectivity index (χ2v) is 9.49. The van der Waals surface area contributed by atoms with Crippen LogP contribution in [0, 0.1) is 0 Å². The lowest BCUT2D eigenvalue weighted by atomic mass is 10.1. The molecule has 0 radical (unpaired) electrons. The molecule has 28 heavy (non-hydrogen) atoms. The Labute approximate surface area is 179 Å². The molecule has 1 amide bonds. The van der Waals surface area contributed by atoms with Crippen LogP contribution in [0.3, 0.4) is 0 Å². The second-order valence-electron chi connectivity index (χ2n) is 6.13.